The van der Waals surface area contributed by atoms with Crippen molar-refractivity contribution in [2.24, 2.45) is 0 Å². The number of hydrogen-bond donors (Lipinski definition) is 0. The third-order valence-electron chi connectivity index (χ3n) is 6.81. The fourth-order valence-corrected chi connectivity index (χ4v) is 4.87. The first kappa shape index (κ1) is 28.1. The molecule has 0 N–H and O–H groups in total. The van der Waals surface area contributed by atoms with Crippen LogP contribution in [0, 0.1) is 25.5 Å². The summed E-state index contributed by atoms with van der Waals surface area (Å²) < 4.78 is 0. The number of pyridine rings is 1. The van der Waals surface area contributed by atoms with E-state index in [-0.39, 0.29) is 20.1 Å². The molecule has 0 bridgehead atoms. The molecule has 1 radical (unpaired) electrons. The summed E-state index contributed by atoms with van der Waals surface area (Å²) in [6.45, 7) is 4.05. The molecule has 6 aromatic rings. The molecule has 0 saturated carbocycles. The zero-order valence-electron chi connectivity index (χ0n) is 22.9. The Morgan fingerprint density at radius 2 is 0.930 bits per heavy atom. The van der Waals surface area contributed by atoms with Gasteiger partial charge in [0.1, 0.15) is 17.5 Å². The molecular weight excluding hydrogens is 711 g/mol. The van der Waals surface area contributed by atoms with Gasteiger partial charge in [0.2, 0.25) is 0 Å². The molecule has 4 heterocycles. The van der Waals surface area contributed by atoms with Gasteiger partial charge in [-0.2, -0.15) is 60.7 Å². The zero-order chi connectivity index (χ0) is 28.1. The van der Waals surface area contributed by atoms with Crippen molar-refractivity contribution in [3.63, 3.8) is 0 Å². The molecule has 0 amide bonds. The van der Waals surface area contributed by atoms with Crippen LogP contribution in [0.25, 0.3) is 0 Å². The van der Waals surface area contributed by atoms with E-state index in [4.69, 9.17) is 0 Å². The third-order valence-corrected chi connectivity index (χ3v) is 6.81. The topological polar surface area (TPSA) is 51.6 Å². The molecule has 8 rings (SSSR count). The van der Waals surface area contributed by atoms with E-state index in [1.165, 1.54) is 0 Å². The second-order valence-electron chi connectivity index (χ2n) is 9.43. The van der Waals surface area contributed by atoms with Crippen LogP contribution in [0.15, 0.2) is 140 Å². The number of fused-ring (bicyclic) bond motifs is 2. The van der Waals surface area contributed by atoms with Crippen LogP contribution in [0.4, 0.5) is 45.9 Å². The first-order chi connectivity index (χ1) is 20.9. The molecule has 4 aromatic carbocycles. The quantitative estimate of drug-likeness (QED) is 0.170. The standard InChI is InChI=1S/C18H13N3.C17H12N4.Ir/c1-3-8-15(9-4-1)20-14-21(16-10-5-2-6-11-16)18-17(20)12-7-13-19-18;1-3-7-14(8-4-1)20-13-21(15-9-5-2-6-10-15)17-16(20)18-11-12-19-17;/h1-10,12-14H;1-9,11-13H;/q2*-2;. The second-order valence-corrected chi connectivity index (χ2v) is 9.43. The van der Waals surface area contributed by atoms with E-state index in [2.05, 4.69) is 61.8 Å². The molecule has 43 heavy (non-hydrogen) atoms. The van der Waals surface area contributed by atoms with E-state index in [0.29, 0.717) is 0 Å². The maximum absolute atomic E-state index is 4.53. The van der Waals surface area contributed by atoms with E-state index >= 15 is 0 Å². The molecule has 2 aliphatic rings. The van der Waals surface area contributed by atoms with Gasteiger partial charge in [-0.3, -0.25) is 0 Å². The molecule has 2 aromatic heterocycles. The van der Waals surface area contributed by atoms with E-state index in [9.17, 15) is 0 Å². The maximum atomic E-state index is 4.53. The van der Waals surface area contributed by atoms with Gasteiger partial charge < -0.3 is 19.6 Å². The van der Waals surface area contributed by atoms with Crippen LogP contribution in [0.2, 0.25) is 0 Å². The van der Waals surface area contributed by atoms with Crippen molar-refractivity contribution in [3.8, 4) is 0 Å². The Bertz CT molecular complexity index is 1490. The summed E-state index contributed by atoms with van der Waals surface area (Å²) in [4.78, 5) is 21.7. The van der Waals surface area contributed by atoms with Crippen LogP contribution in [0.1, 0.15) is 0 Å². The second kappa shape index (κ2) is 12.9. The van der Waals surface area contributed by atoms with E-state index in [1.54, 1.807) is 12.4 Å². The van der Waals surface area contributed by atoms with Gasteiger partial charge >= 0.3 is 0 Å². The Hall–Kier alpha value is -5.04. The predicted molar refractivity (Wildman–Crippen MR) is 167 cm³/mol. The summed E-state index contributed by atoms with van der Waals surface area (Å²) in [6.07, 6.45) is 5.23. The van der Waals surface area contributed by atoms with Gasteiger partial charge in [0.25, 0.3) is 0 Å². The number of hydrogen-bond acceptors (Lipinski definition) is 7. The first-order valence-electron chi connectivity index (χ1n) is 13.5. The third kappa shape index (κ3) is 5.71. The van der Waals surface area contributed by atoms with Gasteiger partial charge in [-0.1, -0.05) is 36.4 Å². The SMILES string of the molecule is [Ir].[c-]1ccccc1N1[CH-]N(c2ccccc2)c2cccnc21.[c-]1ccccc1N1[CH-]N(c2ccccc2)c2nccnc21. The molecule has 8 heteroatoms. The van der Waals surface area contributed by atoms with Crippen molar-refractivity contribution in [2.45, 2.75) is 0 Å². The Balaban J connectivity index is 0.000000150. The van der Waals surface area contributed by atoms with Gasteiger partial charge in [0.15, 0.2) is 0 Å². The summed E-state index contributed by atoms with van der Waals surface area (Å²) in [5.41, 5.74) is 5.16. The van der Waals surface area contributed by atoms with Crippen LogP contribution in [0.5, 0.6) is 0 Å². The monoisotopic (exact) mass is 736 g/mol. The molecule has 0 aliphatic carbocycles. The zero-order valence-corrected chi connectivity index (χ0v) is 25.3. The Morgan fingerprint density at radius 1 is 0.442 bits per heavy atom. The van der Waals surface area contributed by atoms with Crippen LogP contribution in [-0.4, -0.2) is 15.0 Å². The van der Waals surface area contributed by atoms with Crippen molar-refractivity contribution >= 4 is 45.9 Å². The van der Waals surface area contributed by atoms with Gasteiger partial charge in [-0.25, -0.2) is 15.0 Å². The largest absolute Gasteiger partial charge is 0.478 e. The fraction of sp³-hybridized carbons (Fsp3) is 0. The molecule has 2 aliphatic heterocycles. The minimum Gasteiger partial charge on any atom is -0.478 e. The van der Waals surface area contributed by atoms with Gasteiger partial charge in [-0.15, -0.1) is 24.7 Å². The van der Waals surface area contributed by atoms with Crippen molar-refractivity contribution in [3.05, 3.63) is 165 Å². The average molecular weight is 736 g/mol. The first-order valence-corrected chi connectivity index (χ1v) is 13.5. The summed E-state index contributed by atoms with van der Waals surface area (Å²) >= 11 is 0. The number of benzene rings is 4. The molecule has 0 spiro atoms. The van der Waals surface area contributed by atoms with Crippen molar-refractivity contribution in [1.82, 2.24) is 15.0 Å². The maximum Gasteiger partial charge on any atom is 0.145 e. The molecule has 7 nitrogen and oxygen atoms in total. The smallest absolute Gasteiger partial charge is 0.145 e. The molecule has 0 saturated heterocycles. The molecule has 213 valence electrons. The van der Waals surface area contributed by atoms with Crippen molar-refractivity contribution < 1.29 is 20.1 Å². The summed E-state index contributed by atoms with van der Waals surface area (Å²) in [5, 5.41) is 0. The predicted octanol–water partition coefficient (Wildman–Crippen LogP) is 7.97. The van der Waals surface area contributed by atoms with Gasteiger partial charge in [0, 0.05) is 50.1 Å². The minimum absolute atomic E-state index is 0. The van der Waals surface area contributed by atoms with Gasteiger partial charge in [0.05, 0.1) is 5.69 Å². The van der Waals surface area contributed by atoms with Gasteiger partial charge in [-0.05, 0) is 36.4 Å². The molecular formula is C35H25IrN7-4. The van der Waals surface area contributed by atoms with E-state index in [1.807, 2.05) is 126 Å². The Labute approximate surface area is 265 Å². The van der Waals surface area contributed by atoms with Crippen LogP contribution in [0.3, 0.4) is 0 Å². The molecule has 0 atom stereocenters. The molecule has 0 fully saturated rings. The minimum atomic E-state index is 0. The van der Waals surface area contributed by atoms with E-state index in [0.717, 1.165) is 45.9 Å². The molecule has 0 unspecified atom stereocenters. The number of aromatic nitrogens is 3. The van der Waals surface area contributed by atoms with Crippen LogP contribution < -0.4 is 19.6 Å². The van der Waals surface area contributed by atoms with E-state index < -0.39 is 0 Å². The number of rotatable bonds is 4. The summed E-state index contributed by atoms with van der Waals surface area (Å²) in [6, 6.07) is 46.7. The summed E-state index contributed by atoms with van der Waals surface area (Å²) in [5.74, 6) is 2.55. The van der Waals surface area contributed by atoms with Crippen molar-refractivity contribution in [2.75, 3.05) is 19.6 Å². The number of para-hydroxylation sites is 4. The number of nitrogens with zero attached hydrogens (tertiary/aromatic N) is 7. The van der Waals surface area contributed by atoms with Crippen molar-refractivity contribution in [1.29, 1.82) is 0 Å². The Morgan fingerprint density at radius 3 is 1.51 bits per heavy atom. The van der Waals surface area contributed by atoms with Crippen LogP contribution in [-0.2, 0) is 20.1 Å². The van der Waals surface area contributed by atoms with Crippen LogP contribution >= 0.6 is 0 Å². The fourth-order valence-electron chi connectivity index (χ4n) is 4.87. The number of anilines is 8. The Kier molecular flexibility index (Phi) is 8.40. The normalized spacial score (nSPS) is 13.0. The summed E-state index contributed by atoms with van der Waals surface area (Å²) in [7, 11) is 0. The average Bonchev–Trinajstić information content (AvgIpc) is 3.67.